The quantitative estimate of drug-likeness (QED) is 0.590. The fraction of sp³-hybridized carbons (Fsp3) is 0.333. The number of carbonyl (C=O) groups is 2. The summed E-state index contributed by atoms with van der Waals surface area (Å²) in [6, 6.07) is 0. The smallest absolute Gasteiger partial charge is 0.244 e. The molecule has 0 unspecified atom stereocenters. The van der Waals surface area contributed by atoms with Gasteiger partial charge in [-0.3, -0.25) is 9.59 Å². The van der Waals surface area contributed by atoms with E-state index < -0.39 is 17.7 Å². The van der Waals surface area contributed by atoms with E-state index in [4.69, 9.17) is 11.5 Å². The SMILES string of the molecule is C=C(C(N)=O)C(CC)C(=C)C(N)=O. The van der Waals surface area contributed by atoms with E-state index in [0.29, 0.717) is 6.42 Å². The van der Waals surface area contributed by atoms with Gasteiger partial charge >= 0.3 is 0 Å². The van der Waals surface area contributed by atoms with E-state index >= 15 is 0 Å². The van der Waals surface area contributed by atoms with Crippen molar-refractivity contribution in [3.63, 3.8) is 0 Å². The third-order valence-electron chi connectivity index (χ3n) is 1.88. The molecule has 0 heterocycles. The summed E-state index contributed by atoms with van der Waals surface area (Å²) >= 11 is 0. The van der Waals surface area contributed by atoms with Crippen LogP contribution in [0.1, 0.15) is 13.3 Å². The molecule has 0 radical (unpaired) electrons. The van der Waals surface area contributed by atoms with Crippen molar-refractivity contribution in [1.29, 1.82) is 0 Å². The molecule has 0 aromatic rings. The van der Waals surface area contributed by atoms with Crippen LogP contribution in [0.15, 0.2) is 24.3 Å². The Hall–Kier alpha value is -1.58. The van der Waals surface area contributed by atoms with Gasteiger partial charge in [0.1, 0.15) is 0 Å². The summed E-state index contributed by atoms with van der Waals surface area (Å²) in [6.45, 7) is 8.77. The van der Waals surface area contributed by atoms with Crippen LogP contribution in [-0.4, -0.2) is 11.8 Å². The van der Waals surface area contributed by atoms with Crippen LogP contribution < -0.4 is 11.5 Å². The summed E-state index contributed by atoms with van der Waals surface area (Å²) in [6.07, 6.45) is 0.531. The van der Waals surface area contributed by atoms with Crippen molar-refractivity contribution < 1.29 is 9.59 Å². The van der Waals surface area contributed by atoms with Gasteiger partial charge in [0.15, 0.2) is 0 Å². The molecule has 13 heavy (non-hydrogen) atoms. The van der Waals surface area contributed by atoms with E-state index in [1.165, 1.54) is 0 Å². The van der Waals surface area contributed by atoms with Crippen LogP contribution in [0.3, 0.4) is 0 Å². The maximum Gasteiger partial charge on any atom is 0.244 e. The molecule has 0 aliphatic carbocycles. The minimum absolute atomic E-state index is 0.173. The molecule has 4 N–H and O–H groups in total. The zero-order valence-electron chi connectivity index (χ0n) is 7.67. The summed E-state index contributed by atoms with van der Waals surface area (Å²) < 4.78 is 0. The molecular formula is C9H14N2O2. The molecule has 0 aromatic heterocycles. The van der Waals surface area contributed by atoms with Crippen molar-refractivity contribution in [3.05, 3.63) is 24.3 Å². The van der Waals surface area contributed by atoms with Gasteiger partial charge in [0.25, 0.3) is 0 Å². The van der Waals surface area contributed by atoms with Gasteiger partial charge in [-0.15, -0.1) is 0 Å². The first kappa shape index (κ1) is 11.4. The predicted molar refractivity (Wildman–Crippen MR) is 50.4 cm³/mol. The number of carbonyl (C=O) groups excluding carboxylic acids is 2. The van der Waals surface area contributed by atoms with E-state index in [1.54, 1.807) is 6.92 Å². The lowest BCUT2D eigenvalue weighted by atomic mass is 9.89. The van der Waals surface area contributed by atoms with Crippen molar-refractivity contribution in [2.24, 2.45) is 17.4 Å². The molecule has 0 aliphatic heterocycles. The van der Waals surface area contributed by atoms with Gasteiger partial charge in [-0.05, 0) is 6.42 Å². The third kappa shape index (κ3) is 2.74. The standard InChI is InChI=1S/C9H14N2O2/c1-4-7(5(2)8(10)12)6(3)9(11)13/h7H,2-4H2,1H3,(H2,10,12)(H2,11,13). The minimum Gasteiger partial charge on any atom is -0.366 e. The molecule has 0 saturated heterocycles. The first-order valence-electron chi connectivity index (χ1n) is 3.89. The molecule has 4 nitrogen and oxygen atoms in total. The fourth-order valence-electron chi connectivity index (χ4n) is 1.05. The maximum atomic E-state index is 10.8. The van der Waals surface area contributed by atoms with Gasteiger partial charge in [-0.1, -0.05) is 20.1 Å². The van der Waals surface area contributed by atoms with E-state index in [9.17, 15) is 9.59 Å². The van der Waals surface area contributed by atoms with Crippen molar-refractivity contribution in [1.82, 2.24) is 0 Å². The number of hydrogen-bond acceptors (Lipinski definition) is 2. The maximum absolute atomic E-state index is 10.8. The second-order valence-corrected chi connectivity index (χ2v) is 2.74. The molecule has 0 atom stereocenters. The van der Waals surface area contributed by atoms with Crippen LogP contribution in [0.2, 0.25) is 0 Å². The average Bonchev–Trinajstić information content (AvgIpc) is 2.04. The zero-order chi connectivity index (χ0) is 10.6. The molecule has 0 fully saturated rings. The van der Waals surface area contributed by atoms with Crippen LogP contribution in [0.4, 0.5) is 0 Å². The van der Waals surface area contributed by atoms with E-state index in [-0.39, 0.29) is 11.1 Å². The van der Waals surface area contributed by atoms with Gasteiger partial charge in [0.05, 0.1) is 0 Å². The number of amides is 2. The molecular weight excluding hydrogens is 168 g/mol. The van der Waals surface area contributed by atoms with Gasteiger partial charge in [0.2, 0.25) is 11.8 Å². The highest BCUT2D eigenvalue weighted by molar-refractivity contribution is 5.98. The Morgan fingerprint density at radius 2 is 1.46 bits per heavy atom. The summed E-state index contributed by atoms with van der Waals surface area (Å²) in [5, 5.41) is 0. The Balaban J connectivity index is 4.71. The van der Waals surface area contributed by atoms with Crippen molar-refractivity contribution >= 4 is 11.8 Å². The lowest BCUT2D eigenvalue weighted by Crippen LogP contribution is -2.26. The first-order chi connectivity index (χ1) is 5.91. The molecule has 2 amide bonds. The molecule has 0 aliphatic rings. The number of rotatable bonds is 5. The highest BCUT2D eigenvalue weighted by Crippen LogP contribution is 2.20. The molecule has 4 heteroatoms. The van der Waals surface area contributed by atoms with Crippen LogP contribution in [0, 0.1) is 5.92 Å². The molecule has 0 bridgehead atoms. The molecule has 0 spiro atoms. The van der Waals surface area contributed by atoms with Crippen molar-refractivity contribution in [2.75, 3.05) is 0 Å². The normalized spacial score (nSPS) is 9.69. The lowest BCUT2D eigenvalue weighted by molar-refractivity contribution is -0.115. The van der Waals surface area contributed by atoms with Crippen molar-refractivity contribution in [3.8, 4) is 0 Å². The van der Waals surface area contributed by atoms with Crippen molar-refractivity contribution in [2.45, 2.75) is 13.3 Å². The Morgan fingerprint density at radius 3 is 1.62 bits per heavy atom. The molecule has 72 valence electrons. The second kappa shape index (κ2) is 4.45. The Bertz CT molecular complexity index is 243. The summed E-state index contributed by atoms with van der Waals surface area (Å²) in [5.41, 5.74) is 10.4. The van der Waals surface area contributed by atoms with Crippen LogP contribution in [-0.2, 0) is 9.59 Å². The number of nitrogens with two attached hydrogens (primary N) is 2. The molecule has 0 aromatic carbocycles. The molecule has 0 rings (SSSR count). The highest BCUT2D eigenvalue weighted by Gasteiger charge is 2.21. The van der Waals surface area contributed by atoms with Crippen LogP contribution in [0.5, 0.6) is 0 Å². The summed E-state index contributed by atoms with van der Waals surface area (Å²) in [5.74, 6) is -1.70. The van der Waals surface area contributed by atoms with Gasteiger partial charge < -0.3 is 11.5 Å². The van der Waals surface area contributed by atoms with E-state index in [1.807, 2.05) is 0 Å². The largest absolute Gasteiger partial charge is 0.366 e. The van der Waals surface area contributed by atoms with Gasteiger partial charge in [-0.25, -0.2) is 0 Å². The average molecular weight is 182 g/mol. The number of hydrogen-bond donors (Lipinski definition) is 2. The second-order valence-electron chi connectivity index (χ2n) is 2.74. The fourth-order valence-corrected chi connectivity index (χ4v) is 1.05. The Labute approximate surface area is 77.3 Å². The third-order valence-corrected chi connectivity index (χ3v) is 1.88. The van der Waals surface area contributed by atoms with E-state index in [0.717, 1.165) is 0 Å². The van der Waals surface area contributed by atoms with Gasteiger partial charge in [-0.2, -0.15) is 0 Å². The monoisotopic (exact) mass is 182 g/mol. The molecule has 0 saturated carbocycles. The lowest BCUT2D eigenvalue weighted by Gasteiger charge is -2.15. The predicted octanol–water partition coefficient (Wildman–Crippen LogP) is 0.0956. The topological polar surface area (TPSA) is 86.2 Å². The minimum atomic E-state index is -0.630. The van der Waals surface area contributed by atoms with Crippen LogP contribution in [0.25, 0.3) is 0 Å². The van der Waals surface area contributed by atoms with Gasteiger partial charge in [0, 0.05) is 17.1 Å². The van der Waals surface area contributed by atoms with Crippen LogP contribution >= 0.6 is 0 Å². The first-order valence-corrected chi connectivity index (χ1v) is 3.89. The Kier molecular flexibility index (Phi) is 3.91. The summed E-state index contributed by atoms with van der Waals surface area (Å²) in [4.78, 5) is 21.5. The zero-order valence-corrected chi connectivity index (χ0v) is 7.67. The Morgan fingerprint density at radius 1 is 1.15 bits per heavy atom. The number of primary amides is 2. The van der Waals surface area contributed by atoms with E-state index in [2.05, 4.69) is 13.2 Å². The summed E-state index contributed by atoms with van der Waals surface area (Å²) in [7, 11) is 0. The highest BCUT2D eigenvalue weighted by atomic mass is 16.1.